The van der Waals surface area contributed by atoms with E-state index < -0.39 is 28.8 Å². The van der Waals surface area contributed by atoms with Crippen LogP contribution >= 0.6 is 0 Å². The summed E-state index contributed by atoms with van der Waals surface area (Å²) < 4.78 is 22.3. The minimum absolute atomic E-state index is 0.0868. The molecular formula is C23H39N3O5S. The van der Waals surface area contributed by atoms with Gasteiger partial charge >= 0.3 is 0 Å². The normalized spacial score (nSPS) is 29.7. The minimum atomic E-state index is -2.48. The number of hydrogen-bond donors (Lipinski definition) is 4. The summed E-state index contributed by atoms with van der Waals surface area (Å²) in [5, 5.41) is 2.91. The second-order valence-electron chi connectivity index (χ2n) is 9.28. The van der Waals surface area contributed by atoms with Crippen LogP contribution in [0.4, 0.5) is 0 Å². The van der Waals surface area contributed by atoms with E-state index in [0.29, 0.717) is 32.1 Å². The molecule has 9 heteroatoms. The first-order valence-corrected chi connectivity index (χ1v) is 13.0. The lowest BCUT2D eigenvalue weighted by Crippen LogP contribution is -2.52. The highest BCUT2D eigenvalue weighted by molar-refractivity contribution is 7.77. The van der Waals surface area contributed by atoms with Gasteiger partial charge in [-0.25, -0.2) is 8.93 Å². The maximum Gasteiger partial charge on any atom is 0.261 e. The van der Waals surface area contributed by atoms with E-state index in [1.165, 1.54) is 0 Å². The molecule has 8 nitrogen and oxygen atoms in total. The molecule has 5 N–H and O–H groups in total. The quantitative estimate of drug-likeness (QED) is 0.150. The molecule has 0 aromatic carbocycles. The molecule has 2 fully saturated rings. The van der Waals surface area contributed by atoms with E-state index in [1.807, 2.05) is 23.8 Å². The summed E-state index contributed by atoms with van der Waals surface area (Å²) in [6.45, 7) is 4.00. The van der Waals surface area contributed by atoms with Gasteiger partial charge in [0, 0.05) is 18.3 Å². The number of amides is 2. The van der Waals surface area contributed by atoms with Crippen molar-refractivity contribution >= 4 is 28.9 Å². The Morgan fingerprint density at radius 1 is 1.22 bits per heavy atom. The summed E-state index contributed by atoms with van der Waals surface area (Å²) >= 11 is -2.48. The van der Waals surface area contributed by atoms with Gasteiger partial charge in [0.25, 0.3) is 17.2 Å². The molecule has 32 heavy (non-hydrogen) atoms. The fraction of sp³-hybridized carbons (Fsp3) is 0.783. The number of carbonyl (C=O) groups is 3. The van der Waals surface area contributed by atoms with Crippen LogP contribution in [0.3, 0.4) is 0 Å². The molecule has 0 aromatic heterocycles. The Hall–Kier alpha value is -1.58. The van der Waals surface area contributed by atoms with Crippen LogP contribution in [0.25, 0.3) is 0 Å². The van der Waals surface area contributed by atoms with E-state index in [2.05, 4.69) is 12.2 Å². The van der Waals surface area contributed by atoms with Crippen molar-refractivity contribution < 1.29 is 23.1 Å². The second kappa shape index (κ2) is 12.6. The molecule has 182 valence electrons. The lowest BCUT2D eigenvalue weighted by atomic mass is 9.91. The largest absolute Gasteiger partial charge is 0.341 e. The summed E-state index contributed by atoms with van der Waals surface area (Å²) in [6, 6.07) is -0.412. The number of rotatable bonds is 12. The fourth-order valence-electron chi connectivity index (χ4n) is 4.56. The van der Waals surface area contributed by atoms with Crippen molar-refractivity contribution in [2.24, 2.45) is 23.5 Å². The Bertz CT molecular complexity index is 728. The highest BCUT2D eigenvalue weighted by Crippen LogP contribution is 2.45. The van der Waals surface area contributed by atoms with Crippen LogP contribution in [0.2, 0.25) is 0 Å². The van der Waals surface area contributed by atoms with Crippen LogP contribution in [0, 0.1) is 17.8 Å². The Morgan fingerprint density at radius 2 is 1.97 bits per heavy atom. The molecule has 0 aromatic rings. The van der Waals surface area contributed by atoms with Crippen molar-refractivity contribution in [3.05, 3.63) is 12.2 Å². The zero-order valence-electron chi connectivity index (χ0n) is 19.3. The van der Waals surface area contributed by atoms with E-state index in [1.54, 1.807) is 0 Å². The molecular weight excluding hydrogens is 430 g/mol. The molecule has 6 unspecified atom stereocenters. The number of nitrogens with two attached hydrogens (primary N) is 1. The molecule has 2 aliphatic carbocycles. The van der Waals surface area contributed by atoms with Crippen molar-refractivity contribution in [2.45, 2.75) is 96.1 Å². The third-order valence-electron chi connectivity index (χ3n) is 6.84. The number of Topliss-reactive ketones (excluding diaryl/α,β-unsaturated/α-hetero) is 1. The Balaban J connectivity index is 1.97. The first-order valence-electron chi connectivity index (χ1n) is 11.9. The first kappa shape index (κ1) is 26.7. The number of unbranched alkanes of at least 4 members (excludes halogenated alkanes) is 2. The molecule has 0 bridgehead atoms. The van der Waals surface area contributed by atoms with Gasteiger partial charge in [0.1, 0.15) is 11.3 Å². The number of nitrogens with one attached hydrogen (secondary N) is 2. The molecule has 0 spiro atoms. The molecule has 0 radical (unpaired) electrons. The summed E-state index contributed by atoms with van der Waals surface area (Å²) in [5.74, 6) is -0.901. The summed E-state index contributed by atoms with van der Waals surface area (Å²) in [7, 11) is 0. The third-order valence-corrected chi connectivity index (χ3v) is 7.20. The standard InChI is InChI=1S/C23H39N3O5S/c1-3-5-6-7-11-18-15-23(18,22(29)26-32(30)31)25-21(28)17-10-8-9-16(12-13-17)14-20(27)19(24)4-2/h7,11,16-19H,3-6,8-10,12-15,24H2,1-2H3,(H,25,28)(H,26,29)(H,30,31). The zero-order chi connectivity index (χ0) is 23.7. The van der Waals surface area contributed by atoms with Crippen molar-refractivity contribution in [2.75, 3.05) is 0 Å². The van der Waals surface area contributed by atoms with E-state index in [-0.39, 0.29) is 29.4 Å². The average molecular weight is 470 g/mol. The Labute approximate surface area is 194 Å². The lowest BCUT2D eigenvalue weighted by Gasteiger charge is -2.21. The average Bonchev–Trinajstić information content (AvgIpc) is 3.49. The number of allylic oxidation sites excluding steroid dienone is 1. The van der Waals surface area contributed by atoms with Crippen LogP contribution < -0.4 is 15.8 Å². The Kier molecular flexibility index (Phi) is 10.5. The van der Waals surface area contributed by atoms with Crippen LogP contribution in [-0.4, -0.2) is 37.9 Å². The summed E-state index contributed by atoms with van der Waals surface area (Å²) in [5.41, 5.74) is 4.70. The van der Waals surface area contributed by atoms with E-state index in [4.69, 9.17) is 10.3 Å². The fourth-order valence-corrected chi connectivity index (χ4v) is 4.91. The maximum atomic E-state index is 13.1. The molecule has 0 saturated heterocycles. The molecule has 2 aliphatic rings. The molecule has 0 heterocycles. The van der Waals surface area contributed by atoms with Gasteiger partial charge in [-0.15, -0.1) is 0 Å². The van der Waals surface area contributed by atoms with Gasteiger partial charge in [-0.3, -0.25) is 18.9 Å². The third kappa shape index (κ3) is 7.49. The number of hydrogen-bond acceptors (Lipinski definition) is 5. The summed E-state index contributed by atoms with van der Waals surface area (Å²) in [6.07, 6.45) is 12.4. The van der Waals surface area contributed by atoms with Gasteiger partial charge in [-0.1, -0.05) is 45.3 Å². The van der Waals surface area contributed by atoms with Gasteiger partial charge in [-0.05, 0) is 50.9 Å². The van der Waals surface area contributed by atoms with Crippen LogP contribution in [0.1, 0.15) is 84.5 Å². The SMILES string of the molecule is CCCCC=CC1CC1(NC(=O)C1CCCC(CC(=O)C(N)CC)CC1)C(=O)NS(=O)O. The van der Waals surface area contributed by atoms with Crippen molar-refractivity contribution in [3.63, 3.8) is 0 Å². The number of carbonyl (C=O) groups excluding carboxylic acids is 3. The smallest absolute Gasteiger partial charge is 0.261 e. The van der Waals surface area contributed by atoms with E-state index >= 15 is 0 Å². The monoisotopic (exact) mass is 469 g/mol. The lowest BCUT2D eigenvalue weighted by molar-refractivity contribution is -0.131. The molecule has 2 rings (SSSR count). The van der Waals surface area contributed by atoms with Crippen molar-refractivity contribution in [1.29, 1.82) is 0 Å². The van der Waals surface area contributed by atoms with Gasteiger partial charge < -0.3 is 11.1 Å². The van der Waals surface area contributed by atoms with E-state index in [0.717, 1.165) is 38.5 Å². The van der Waals surface area contributed by atoms with Crippen LogP contribution in [0.15, 0.2) is 12.2 Å². The Morgan fingerprint density at radius 3 is 2.62 bits per heavy atom. The van der Waals surface area contributed by atoms with Gasteiger partial charge in [-0.2, -0.15) is 0 Å². The zero-order valence-corrected chi connectivity index (χ0v) is 20.1. The topological polar surface area (TPSA) is 139 Å². The second-order valence-corrected chi connectivity index (χ2v) is 9.98. The highest BCUT2D eigenvalue weighted by Gasteiger charge is 2.60. The summed E-state index contributed by atoms with van der Waals surface area (Å²) in [4.78, 5) is 37.9. The molecule has 2 amide bonds. The van der Waals surface area contributed by atoms with Gasteiger partial charge in [0.05, 0.1) is 6.04 Å². The van der Waals surface area contributed by atoms with Gasteiger partial charge in [0.2, 0.25) is 5.91 Å². The molecule has 6 atom stereocenters. The van der Waals surface area contributed by atoms with Crippen molar-refractivity contribution in [3.8, 4) is 0 Å². The molecule has 0 aliphatic heterocycles. The maximum absolute atomic E-state index is 13.1. The van der Waals surface area contributed by atoms with Crippen LogP contribution in [0.5, 0.6) is 0 Å². The highest BCUT2D eigenvalue weighted by atomic mass is 32.2. The predicted molar refractivity (Wildman–Crippen MR) is 125 cm³/mol. The van der Waals surface area contributed by atoms with Crippen LogP contribution in [-0.2, 0) is 25.7 Å². The molecule has 2 saturated carbocycles. The first-order chi connectivity index (χ1) is 15.2. The number of ketones is 1. The van der Waals surface area contributed by atoms with E-state index in [9.17, 15) is 18.6 Å². The minimum Gasteiger partial charge on any atom is -0.341 e. The predicted octanol–water partition coefficient (Wildman–Crippen LogP) is 2.75. The van der Waals surface area contributed by atoms with Gasteiger partial charge in [0.15, 0.2) is 0 Å². The van der Waals surface area contributed by atoms with Crippen molar-refractivity contribution in [1.82, 2.24) is 10.0 Å².